The normalized spacial score (nSPS) is 22.1. The minimum absolute atomic E-state index is 0.00938. The molecule has 132 valence electrons. The van der Waals surface area contributed by atoms with Crippen molar-refractivity contribution >= 4 is 22.7 Å². The van der Waals surface area contributed by atoms with Crippen LogP contribution in [0.4, 0.5) is 0 Å². The summed E-state index contributed by atoms with van der Waals surface area (Å²) in [6.07, 6.45) is 5.89. The van der Waals surface area contributed by atoms with Crippen LogP contribution in [-0.4, -0.2) is 47.5 Å². The highest BCUT2D eigenvalue weighted by molar-refractivity contribution is 6.06. The summed E-state index contributed by atoms with van der Waals surface area (Å²) < 4.78 is 5.68. The van der Waals surface area contributed by atoms with Crippen LogP contribution >= 0.6 is 0 Å². The lowest BCUT2D eigenvalue weighted by atomic mass is 9.60. The molecule has 0 radical (unpaired) electrons. The van der Waals surface area contributed by atoms with Crippen molar-refractivity contribution < 1.29 is 14.3 Å². The Labute approximate surface area is 146 Å². The van der Waals surface area contributed by atoms with Crippen LogP contribution in [0.15, 0.2) is 30.5 Å². The van der Waals surface area contributed by atoms with Gasteiger partial charge in [-0.05, 0) is 43.9 Å². The van der Waals surface area contributed by atoms with E-state index in [1.165, 1.54) is 0 Å². The highest BCUT2D eigenvalue weighted by Crippen LogP contribution is 2.50. The summed E-state index contributed by atoms with van der Waals surface area (Å²) in [6, 6.07) is 7.74. The first-order chi connectivity index (χ1) is 12.1. The molecule has 1 unspecified atom stereocenters. The van der Waals surface area contributed by atoms with Gasteiger partial charge in [-0.1, -0.05) is 6.07 Å². The lowest BCUT2D eigenvalue weighted by Crippen LogP contribution is -2.54. The van der Waals surface area contributed by atoms with Crippen LogP contribution in [0.5, 0.6) is 0 Å². The molecule has 1 saturated heterocycles. The first-order valence-electron chi connectivity index (χ1n) is 8.84. The Balaban J connectivity index is 1.43. The van der Waals surface area contributed by atoms with Gasteiger partial charge < -0.3 is 20.4 Å². The molecule has 0 bridgehead atoms. The largest absolute Gasteiger partial charge is 0.368 e. The van der Waals surface area contributed by atoms with Gasteiger partial charge in [-0.15, -0.1) is 0 Å². The standard InChI is InChI=1S/C19H23N3O3/c20-17(23)12-25-16-4-6-19(16)7-10-22(11-8-19)18(24)14-2-1-3-15-13(14)5-9-21-15/h1-3,5,9,16,21H,4,6-8,10-12H2,(H2,20,23). The van der Waals surface area contributed by atoms with Crippen LogP contribution in [0, 0.1) is 5.41 Å². The van der Waals surface area contributed by atoms with E-state index in [0.717, 1.165) is 55.2 Å². The Hall–Kier alpha value is -2.34. The fourth-order valence-electron chi connectivity index (χ4n) is 4.28. The molecule has 6 heteroatoms. The third-order valence-electron chi connectivity index (χ3n) is 5.89. The maximum Gasteiger partial charge on any atom is 0.254 e. The average molecular weight is 341 g/mol. The number of benzene rings is 1. The van der Waals surface area contributed by atoms with Gasteiger partial charge >= 0.3 is 0 Å². The van der Waals surface area contributed by atoms with Crippen LogP contribution in [0.1, 0.15) is 36.0 Å². The van der Waals surface area contributed by atoms with E-state index in [1.54, 1.807) is 0 Å². The number of primary amides is 1. The number of hydrogen-bond donors (Lipinski definition) is 2. The quantitative estimate of drug-likeness (QED) is 0.892. The predicted molar refractivity (Wildman–Crippen MR) is 94.0 cm³/mol. The van der Waals surface area contributed by atoms with Gasteiger partial charge in [0, 0.05) is 41.2 Å². The molecular formula is C19H23N3O3. The number of piperidine rings is 1. The number of nitrogens with one attached hydrogen (secondary N) is 1. The summed E-state index contributed by atoms with van der Waals surface area (Å²) >= 11 is 0. The van der Waals surface area contributed by atoms with Crippen LogP contribution in [0.25, 0.3) is 10.9 Å². The molecule has 1 spiro atoms. The number of ether oxygens (including phenoxy) is 1. The molecule has 2 aliphatic rings. The van der Waals surface area contributed by atoms with E-state index in [1.807, 2.05) is 35.4 Å². The van der Waals surface area contributed by atoms with Gasteiger partial charge in [0.05, 0.1) is 6.10 Å². The summed E-state index contributed by atoms with van der Waals surface area (Å²) in [6.45, 7) is 1.46. The van der Waals surface area contributed by atoms with Gasteiger partial charge in [0.15, 0.2) is 0 Å². The van der Waals surface area contributed by atoms with E-state index in [4.69, 9.17) is 10.5 Å². The topological polar surface area (TPSA) is 88.4 Å². The second-order valence-electron chi connectivity index (χ2n) is 7.20. The van der Waals surface area contributed by atoms with Gasteiger partial charge in [-0.2, -0.15) is 0 Å². The van der Waals surface area contributed by atoms with Crippen molar-refractivity contribution in [3.63, 3.8) is 0 Å². The third-order valence-corrected chi connectivity index (χ3v) is 5.89. The summed E-state index contributed by atoms with van der Waals surface area (Å²) in [5.41, 5.74) is 7.04. The van der Waals surface area contributed by atoms with Crippen molar-refractivity contribution in [1.29, 1.82) is 0 Å². The molecule has 25 heavy (non-hydrogen) atoms. The number of nitrogens with two attached hydrogens (primary N) is 1. The number of nitrogens with zero attached hydrogens (tertiary/aromatic N) is 1. The molecule has 1 saturated carbocycles. The molecule has 1 aromatic carbocycles. The fraction of sp³-hybridized carbons (Fsp3) is 0.474. The Kier molecular flexibility index (Phi) is 4.00. The first-order valence-corrected chi connectivity index (χ1v) is 8.84. The van der Waals surface area contributed by atoms with Crippen LogP contribution in [0.2, 0.25) is 0 Å². The zero-order valence-corrected chi connectivity index (χ0v) is 14.2. The molecule has 1 aliphatic heterocycles. The van der Waals surface area contributed by atoms with Gasteiger partial charge in [0.1, 0.15) is 6.61 Å². The van der Waals surface area contributed by atoms with Gasteiger partial charge in [0.25, 0.3) is 5.91 Å². The van der Waals surface area contributed by atoms with Crippen LogP contribution in [-0.2, 0) is 9.53 Å². The lowest BCUT2D eigenvalue weighted by Gasteiger charge is -2.53. The maximum absolute atomic E-state index is 12.9. The number of amides is 2. The predicted octanol–water partition coefficient (Wildman–Crippen LogP) is 2.05. The number of carbonyl (C=O) groups excluding carboxylic acids is 2. The second kappa shape index (κ2) is 6.19. The van der Waals surface area contributed by atoms with Crippen LogP contribution in [0.3, 0.4) is 0 Å². The Morgan fingerprint density at radius 1 is 1.24 bits per heavy atom. The molecule has 3 N–H and O–H groups in total. The zero-order valence-electron chi connectivity index (χ0n) is 14.2. The number of likely N-dealkylation sites (tertiary alicyclic amines) is 1. The Bertz CT molecular complexity index is 805. The molecule has 6 nitrogen and oxygen atoms in total. The molecule has 2 heterocycles. The average Bonchev–Trinajstić information content (AvgIpc) is 3.09. The van der Waals surface area contributed by atoms with E-state index in [9.17, 15) is 9.59 Å². The molecule has 2 amide bonds. The molecule has 1 aliphatic carbocycles. The summed E-state index contributed by atoms with van der Waals surface area (Å²) in [5.74, 6) is -0.330. The zero-order chi connectivity index (χ0) is 17.4. The smallest absolute Gasteiger partial charge is 0.254 e. The number of H-pyrrole nitrogens is 1. The highest BCUT2D eigenvalue weighted by Gasteiger charge is 2.49. The monoisotopic (exact) mass is 341 g/mol. The van der Waals surface area contributed by atoms with Gasteiger partial charge in [-0.25, -0.2) is 0 Å². The number of carbonyl (C=O) groups is 2. The van der Waals surface area contributed by atoms with Crippen molar-refractivity contribution in [3.05, 3.63) is 36.0 Å². The van der Waals surface area contributed by atoms with E-state index >= 15 is 0 Å². The summed E-state index contributed by atoms with van der Waals surface area (Å²) in [7, 11) is 0. The second-order valence-corrected chi connectivity index (χ2v) is 7.20. The fourth-order valence-corrected chi connectivity index (χ4v) is 4.28. The van der Waals surface area contributed by atoms with E-state index in [-0.39, 0.29) is 24.0 Å². The molecule has 4 rings (SSSR count). The molecule has 1 atom stereocenters. The number of aromatic nitrogens is 1. The van der Waals surface area contributed by atoms with E-state index in [0.29, 0.717) is 0 Å². The molecular weight excluding hydrogens is 318 g/mol. The summed E-state index contributed by atoms with van der Waals surface area (Å²) in [4.78, 5) is 29.0. The third kappa shape index (κ3) is 2.80. The van der Waals surface area contributed by atoms with Crippen molar-refractivity contribution in [3.8, 4) is 0 Å². The molecule has 2 aromatic rings. The number of aromatic amines is 1. The minimum atomic E-state index is -0.422. The lowest BCUT2D eigenvalue weighted by molar-refractivity contribution is -0.148. The van der Waals surface area contributed by atoms with Crippen LogP contribution < -0.4 is 5.73 Å². The Morgan fingerprint density at radius 2 is 2.04 bits per heavy atom. The Morgan fingerprint density at radius 3 is 2.72 bits per heavy atom. The van der Waals surface area contributed by atoms with Gasteiger partial charge in [0.2, 0.25) is 5.91 Å². The molecule has 1 aromatic heterocycles. The summed E-state index contributed by atoms with van der Waals surface area (Å²) in [5, 5.41) is 0.971. The van der Waals surface area contributed by atoms with Crippen molar-refractivity contribution in [2.24, 2.45) is 11.1 Å². The highest BCUT2D eigenvalue weighted by atomic mass is 16.5. The first kappa shape index (κ1) is 16.1. The molecule has 2 fully saturated rings. The van der Waals surface area contributed by atoms with Crippen molar-refractivity contribution in [2.75, 3.05) is 19.7 Å². The maximum atomic E-state index is 12.9. The van der Waals surface area contributed by atoms with Gasteiger partial charge in [-0.3, -0.25) is 9.59 Å². The number of hydrogen-bond acceptors (Lipinski definition) is 3. The van der Waals surface area contributed by atoms with Crippen molar-refractivity contribution in [1.82, 2.24) is 9.88 Å². The number of rotatable bonds is 4. The minimum Gasteiger partial charge on any atom is -0.368 e. The van der Waals surface area contributed by atoms with E-state index in [2.05, 4.69) is 4.98 Å². The van der Waals surface area contributed by atoms with E-state index < -0.39 is 5.91 Å². The SMILES string of the molecule is NC(=O)COC1CCC12CCN(C(=O)c1cccc3[nH]ccc13)CC2. The number of fused-ring (bicyclic) bond motifs is 1. The van der Waals surface area contributed by atoms with Crippen molar-refractivity contribution in [2.45, 2.75) is 31.8 Å².